The molecule has 0 radical (unpaired) electrons. The molecular formula is C15H20FN. The molecule has 0 amide bonds. The number of hydrogen-bond acceptors (Lipinski definition) is 1. The van der Waals surface area contributed by atoms with E-state index in [4.69, 9.17) is 0 Å². The lowest BCUT2D eigenvalue weighted by Gasteiger charge is -2.31. The summed E-state index contributed by atoms with van der Waals surface area (Å²) in [4.78, 5) is 0. The van der Waals surface area contributed by atoms with Gasteiger partial charge in [0.15, 0.2) is 0 Å². The van der Waals surface area contributed by atoms with Crippen LogP contribution in [-0.2, 0) is 0 Å². The van der Waals surface area contributed by atoms with E-state index in [9.17, 15) is 4.39 Å². The number of benzene rings is 1. The van der Waals surface area contributed by atoms with Crippen molar-refractivity contribution < 1.29 is 4.39 Å². The summed E-state index contributed by atoms with van der Waals surface area (Å²) >= 11 is 0. The summed E-state index contributed by atoms with van der Waals surface area (Å²) in [5, 5.41) is 3.57. The molecule has 2 heterocycles. The van der Waals surface area contributed by atoms with Crippen molar-refractivity contribution in [1.82, 2.24) is 5.32 Å². The van der Waals surface area contributed by atoms with Gasteiger partial charge in [-0.25, -0.2) is 4.39 Å². The molecule has 2 aliphatic rings. The van der Waals surface area contributed by atoms with Crippen LogP contribution in [0, 0.1) is 12.8 Å². The summed E-state index contributed by atoms with van der Waals surface area (Å²) in [6.07, 6.45) is 3.71. The van der Waals surface area contributed by atoms with Crippen molar-refractivity contribution in [2.45, 2.75) is 50.9 Å². The molecule has 2 fully saturated rings. The van der Waals surface area contributed by atoms with E-state index in [1.165, 1.54) is 12.8 Å². The minimum atomic E-state index is -0.776. The second-order valence-corrected chi connectivity index (χ2v) is 5.63. The number of aryl methyl sites for hydroxylation is 1. The fourth-order valence-electron chi connectivity index (χ4n) is 3.49. The SMILES string of the molecule is Cc1ccccc1C(F)C1CC2CCC(C1)N2. The first kappa shape index (κ1) is 11.2. The van der Waals surface area contributed by atoms with Crippen LogP contribution in [0.2, 0.25) is 0 Å². The van der Waals surface area contributed by atoms with Gasteiger partial charge in [0.25, 0.3) is 0 Å². The zero-order valence-corrected chi connectivity index (χ0v) is 10.3. The van der Waals surface area contributed by atoms with Crippen LogP contribution in [0.25, 0.3) is 0 Å². The summed E-state index contributed by atoms with van der Waals surface area (Å²) in [6.45, 7) is 2.01. The smallest absolute Gasteiger partial charge is 0.128 e. The molecule has 0 aliphatic carbocycles. The van der Waals surface area contributed by atoms with Gasteiger partial charge in [-0.15, -0.1) is 0 Å². The second-order valence-electron chi connectivity index (χ2n) is 5.63. The van der Waals surface area contributed by atoms with Crippen LogP contribution in [-0.4, -0.2) is 12.1 Å². The molecule has 1 aromatic carbocycles. The Bertz CT molecular complexity index is 392. The van der Waals surface area contributed by atoms with Gasteiger partial charge in [-0.3, -0.25) is 0 Å². The quantitative estimate of drug-likeness (QED) is 0.824. The molecule has 1 N–H and O–H groups in total. The summed E-state index contributed by atoms with van der Waals surface area (Å²) in [7, 11) is 0. The maximum absolute atomic E-state index is 14.6. The molecule has 2 bridgehead atoms. The number of nitrogens with one attached hydrogen (secondary N) is 1. The van der Waals surface area contributed by atoms with Crippen molar-refractivity contribution in [1.29, 1.82) is 0 Å². The minimum Gasteiger partial charge on any atom is -0.311 e. The van der Waals surface area contributed by atoms with Crippen LogP contribution < -0.4 is 5.32 Å². The molecule has 0 spiro atoms. The van der Waals surface area contributed by atoms with Crippen molar-refractivity contribution in [3.8, 4) is 0 Å². The predicted octanol–water partition coefficient (Wildman–Crippen LogP) is 3.54. The van der Waals surface area contributed by atoms with Crippen LogP contribution in [0.4, 0.5) is 4.39 Å². The highest BCUT2D eigenvalue weighted by atomic mass is 19.1. The van der Waals surface area contributed by atoms with Crippen LogP contribution >= 0.6 is 0 Å². The van der Waals surface area contributed by atoms with Crippen LogP contribution in [0.5, 0.6) is 0 Å². The number of piperidine rings is 1. The number of alkyl halides is 1. The Morgan fingerprint density at radius 3 is 2.47 bits per heavy atom. The predicted molar refractivity (Wildman–Crippen MR) is 67.7 cm³/mol. The highest BCUT2D eigenvalue weighted by Gasteiger charge is 2.37. The third-order valence-corrected chi connectivity index (χ3v) is 4.41. The maximum Gasteiger partial charge on any atom is 0.128 e. The molecule has 3 unspecified atom stereocenters. The molecule has 1 aromatic rings. The van der Waals surface area contributed by atoms with E-state index in [-0.39, 0.29) is 5.92 Å². The molecule has 2 saturated heterocycles. The van der Waals surface area contributed by atoms with Crippen molar-refractivity contribution in [2.75, 3.05) is 0 Å². The van der Waals surface area contributed by atoms with E-state index in [0.717, 1.165) is 24.0 Å². The Kier molecular flexibility index (Phi) is 2.91. The van der Waals surface area contributed by atoms with E-state index < -0.39 is 6.17 Å². The topological polar surface area (TPSA) is 12.0 Å². The lowest BCUT2D eigenvalue weighted by molar-refractivity contribution is 0.163. The standard InChI is InChI=1S/C15H20FN/c1-10-4-2-3-5-14(10)15(16)11-8-12-6-7-13(9-11)17-12/h2-5,11-13,15,17H,6-9H2,1H3. The van der Waals surface area contributed by atoms with Gasteiger partial charge in [-0.05, 0) is 49.7 Å². The van der Waals surface area contributed by atoms with Crippen molar-refractivity contribution in [3.05, 3.63) is 35.4 Å². The van der Waals surface area contributed by atoms with E-state index >= 15 is 0 Å². The number of fused-ring (bicyclic) bond motifs is 2. The zero-order chi connectivity index (χ0) is 11.8. The summed E-state index contributed by atoms with van der Waals surface area (Å²) in [6, 6.07) is 9.03. The average molecular weight is 233 g/mol. The highest BCUT2D eigenvalue weighted by Crippen LogP contribution is 2.40. The first-order valence-corrected chi connectivity index (χ1v) is 6.69. The van der Waals surface area contributed by atoms with Crippen molar-refractivity contribution >= 4 is 0 Å². The Labute approximate surface area is 102 Å². The van der Waals surface area contributed by atoms with Gasteiger partial charge in [-0.1, -0.05) is 24.3 Å². The summed E-state index contributed by atoms with van der Waals surface area (Å²) in [5.74, 6) is 0.217. The van der Waals surface area contributed by atoms with Crippen molar-refractivity contribution in [2.24, 2.45) is 5.92 Å². The van der Waals surface area contributed by atoms with Crippen molar-refractivity contribution in [3.63, 3.8) is 0 Å². The van der Waals surface area contributed by atoms with Gasteiger partial charge >= 0.3 is 0 Å². The van der Waals surface area contributed by atoms with E-state index in [0.29, 0.717) is 12.1 Å². The van der Waals surface area contributed by atoms with Gasteiger partial charge in [0.1, 0.15) is 6.17 Å². The fraction of sp³-hybridized carbons (Fsp3) is 0.600. The minimum absolute atomic E-state index is 0.217. The average Bonchev–Trinajstić information content (AvgIpc) is 2.68. The normalized spacial score (nSPS) is 33.6. The molecule has 0 aromatic heterocycles. The molecule has 0 saturated carbocycles. The number of hydrogen-bond donors (Lipinski definition) is 1. The highest BCUT2D eigenvalue weighted by molar-refractivity contribution is 5.28. The van der Waals surface area contributed by atoms with Crippen LogP contribution in [0.1, 0.15) is 43.0 Å². The number of rotatable bonds is 2. The van der Waals surface area contributed by atoms with Crippen LogP contribution in [0.15, 0.2) is 24.3 Å². The largest absolute Gasteiger partial charge is 0.311 e. The fourth-order valence-corrected chi connectivity index (χ4v) is 3.49. The third kappa shape index (κ3) is 2.11. The third-order valence-electron chi connectivity index (χ3n) is 4.41. The van der Waals surface area contributed by atoms with Gasteiger partial charge in [0.05, 0.1) is 0 Å². The summed E-state index contributed by atoms with van der Waals surface area (Å²) in [5.41, 5.74) is 1.99. The Balaban J connectivity index is 1.78. The first-order chi connectivity index (χ1) is 8.24. The van der Waals surface area contributed by atoms with E-state index in [2.05, 4.69) is 5.32 Å². The van der Waals surface area contributed by atoms with E-state index in [1.54, 1.807) is 0 Å². The Hall–Kier alpha value is -0.890. The summed E-state index contributed by atoms with van der Waals surface area (Å²) < 4.78 is 14.6. The molecule has 92 valence electrons. The van der Waals surface area contributed by atoms with Gasteiger partial charge in [0.2, 0.25) is 0 Å². The first-order valence-electron chi connectivity index (χ1n) is 6.69. The Morgan fingerprint density at radius 1 is 1.18 bits per heavy atom. The zero-order valence-electron chi connectivity index (χ0n) is 10.3. The lowest BCUT2D eigenvalue weighted by atomic mass is 9.84. The molecular weight excluding hydrogens is 213 g/mol. The van der Waals surface area contributed by atoms with E-state index in [1.807, 2.05) is 31.2 Å². The monoisotopic (exact) mass is 233 g/mol. The Morgan fingerprint density at radius 2 is 1.82 bits per heavy atom. The van der Waals surface area contributed by atoms with Gasteiger partial charge < -0.3 is 5.32 Å². The van der Waals surface area contributed by atoms with Gasteiger partial charge in [-0.2, -0.15) is 0 Å². The second kappa shape index (κ2) is 4.41. The molecule has 1 nitrogen and oxygen atoms in total. The molecule has 2 aliphatic heterocycles. The maximum atomic E-state index is 14.6. The van der Waals surface area contributed by atoms with Gasteiger partial charge in [0, 0.05) is 12.1 Å². The molecule has 3 rings (SSSR count). The lowest BCUT2D eigenvalue weighted by Crippen LogP contribution is -2.39. The molecule has 3 atom stereocenters. The van der Waals surface area contributed by atoms with Crippen LogP contribution in [0.3, 0.4) is 0 Å². The number of halogens is 1. The molecule has 17 heavy (non-hydrogen) atoms. The molecule has 2 heteroatoms.